The van der Waals surface area contributed by atoms with Crippen molar-refractivity contribution in [3.05, 3.63) is 12.1 Å². The summed E-state index contributed by atoms with van der Waals surface area (Å²) in [6.45, 7) is 6.51. The molecule has 0 spiro atoms. The Labute approximate surface area is 152 Å². The molecule has 1 saturated heterocycles. The van der Waals surface area contributed by atoms with E-state index in [4.69, 9.17) is 15.2 Å². The number of ether oxygens (including phenoxy) is 2. The lowest BCUT2D eigenvalue weighted by molar-refractivity contribution is -0.134. The molecule has 1 aromatic carbocycles. The highest BCUT2D eigenvalue weighted by Crippen LogP contribution is 2.34. The van der Waals surface area contributed by atoms with Gasteiger partial charge in [0, 0.05) is 43.5 Å². The van der Waals surface area contributed by atoms with Crippen LogP contribution >= 0.6 is 0 Å². The van der Waals surface area contributed by atoms with E-state index in [0.717, 1.165) is 5.39 Å². The number of rotatable bonds is 4. The average Bonchev–Trinajstić information content (AvgIpc) is 2.66. The van der Waals surface area contributed by atoms with E-state index in [1.54, 1.807) is 26.4 Å². The fourth-order valence-electron chi connectivity index (χ4n) is 3.10. The molecule has 2 N–H and O–H groups in total. The van der Waals surface area contributed by atoms with Crippen molar-refractivity contribution in [3.63, 3.8) is 0 Å². The van der Waals surface area contributed by atoms with Crippen LogP contribution in [-0.2, 0) is 4.79 Å². The summed E-state index contributed by atoms with van der Waals surface area (Å²) in [4.78, 5) is 25.2. The third kappa shape index (κ3) is 3.31. The van der Waals surface area contributed by atoms with E-state index in [9.17, 15) is 4.79 Å². The highest BCUT2D eigenvalue weighted by molar-refractivity contribution is 5.91. The van der Waals surface area contributed by atoms with Gasteiger partial charge in [-0.1, -0.05) is 13.8 Å². The molecule has 0 saturated carbocycles. The number of piperazine rings is 1. The minimum Gasteiger partial charge on any atom is -0.493 e. The number of methoxy groups -OCH3 is 2. The van der Waals surface area contributed by atoms with E-state index < -0.39 is 0 Å². The maximum Gasteiger partial charge on any atom is 0.228 e. The van der Waals surface area contributed by atoms with Crippen molar-refractivity contribution in [3.8, 4) is 11.5 Å². The first kappa shape index (κ1) is 18.0. The van der Waals surface area contributed by atoms with Gasteiger partial charge in [0.2, 0.25) is 11.9 Å². The van der Waals surface area contributed by atoms with Gasteiger partial charge in [0.05, 0.1) is 19.7 Å². The summed E-state index contributed by atoms with van der Waals surface area (Å²) >= 11 is 0. The van der Waals surface area contributed by atoms with E-state index in [1.165, 1.54) is 0 Å². The summed E-state index contributed by atoms with van der Waals surface area (Å²) < 4.78 is 10.7. The topological polar surface area (TPSA) is 93.8 Å². The van der Waals surface area contributed by atoms with E-state index >= 15 is 0 Å². The predicted octanol–water partition coefficient (Wildman–Crippen LogP) is 1.53. The molecule has 1 aliphatic rings. The summed E-state index contributed by atoms with van der Waals surface area (Å²) in [6.07, 6.45) is 0. The highest BCUT2D eigenvalue weighted by Gasteiger charge is 2.24. The molecule has 0 bridgehead atoms. The normalized spacial score (nSPS) is 14.8. The summed E-state index contributed by atoms with van der Waals surface area (Å²) in [5.41, 5.74) is 6.86. The van der Waals surface area contributed by atoms with Gasteiger partial charge in [0.1, 0.15) is 5.82 Å². The molecule has 8 nitrogen and oxygen atoms in total. The van der Waals surface area contributed by atoms with Crippen LogP contribution in [0.3, 0.4) is 0 Å². The van der Waals surface area contributed by atoms with Crippen LogP contribution < -0.4 is 20.1 Å². The SMILES string of the molecule is COc1cc2nc(N3CCN(C(=O)C(C)C)CC3)nc(N)c2cc1OC. The Balaban J connectivity index is 1.86. The number of nitrogens with two attached hydrogens (primary N) is 1. The standard InChI is InChI=1S/C18H25N5O3/c1-11(2)17(24)22-5-7-23(8-6-22)18-20-13-10-15(26-4)14(25-3)9-12(13)16(19)21-18/h9-11H,5-8H2,1-4H3,(H2,19,20,21). The van der Waals surface area contributed by atoms with Crippen molar-refractivity contribution in [1.82, 2.24) is 14.9 Å². The van der Waals surface area contributed by atoms with Crippen LogP contribution in [0, 0.1) is 5.92 Å². The minimum absolute atomic E-state index is 0.0107. The van der Waals surface area contributed by atoms with E-state index in [1.807, 2.05) is 18.7 Å². The molecule has 2 aromatic rings. The Bertz CT molecular complexity index is 816. The third-order valence-corrected chi connectivity index (χ3v) is 4.59. The molecule has 1 amide bonds. The second kappa shape index (κ2) is 7.23. The third-order valence-electron chi connectivity index (χ3n) is 4.59. The lowest BCUT2D eigenvalue weighted by Gasteiger charge is -2.35. The molecule has 1 aliphatic heterocycles. The van der Waals surface area contributed by atoms with Gasteiger partial charge in [0.15, 0.2) is 11.5 Å². The van der Waals surface area contributed by atoms with Crippen molar-refractivity contribution in [2.24, 2.45) is 5.92 Å². The van der Waals surface area contributed by atoms with Gasteiger partial charge in [-0.3, -0.25) is 4.79 Å². The summed E-state index contributed by atoms with van der Waals surface area (Å²) in [5, 5.41) is 0.722. The van der Waals surface area contributed by atoms with Crippen molar-refractivity contribution in [1.29, 1.82) is 0 Å². The molecule has 2 heterocycles. The molecule has 0 unspecified atom stereocenters. The van der Waals surface area contributed by atoms with Gasteiger partial charge < -0.3 is 25.0 Å². The Morgan fingerprint density at radius 2 is 1.69 bits per heavy atom. The Morgan fingerprint density at radius 3 is 2.27 bits per heavy atom. The quantitative estimate of drug-likeness (QED) is 0.885. The number of nitrogens with zero attached hydrogens (tertiary/aromatic N) is 4. The zero-order chi connectivity index (χ0) is 18.8. The molecule has 0 atom stereocenters. The Kier molecular flexibility index (Phi) is 5.01. The first-order valence-corrected chi connectivity index (χ1v) is 8.67. The summed E-state index contributed by atoms with van der Waals surface area (Å²) in [7, 11) is 3.16. The van der Waals surface area contributed by atoms with Crippen LogP contribution in [0.15, 0.2) is 12.1 Å². The molecule has 0 radical (unpaired) electrons. The van der Waals surface area contributed by atoms with Crippen LogP contribution in [0.1, 0.15) is 13.8 Å². The van der Waals surface area contributed by atoms with E-state index in [0.29, 0.717) is 55.0 Å². The maximum atomic E-state index is 12.1. The zero-order valence-electron chi connectivity index (χ0n) is 15.7. The Hall–Kier alpha value is -2.77. The Morgan fingerprint density at radius 1 is 1.08 bits per heavy atom. The number of aromatic nitrogens is 2. The van der Waals surface area contributed by atoms with Crippen LogP contribution in [0.4, 0.5) is 11.8 Å². The maximum absolute atomic E-state index is 12.1. The number of amides is 1. The first-order chi connectivity index (χ1) is 12.4. The molecule has 8 heteroatoms. The fourth-order valence-corrected chi connectivity index (χ4v) is 3.10. The predicted molar refractivity (Wildman–Crippen MR) is 101 cm³/mol. The van der Waals surface area contributed by atoms with Crippen molar-refractivity contribution < 1.29 is 14.3 Å². The molecule has 3 rings (SSSR count). The van der Waals surface area contributed by atoms with Crippen LogP contribution in [0.5, 0.6) is 11.5 Å². The summed E-state index contributed by atoms with van der Waals surface area (Å²) in [5.74, 6) is 2.34. The van der Waals surface area contributed by atoms with Crippen molar-refractivity contribution >= 4 is 28.6 Å². The fraction of sp³-hybridized carbons (Fsp3) is 0.500. The molecular weight excluding hydrogens is 334 g/mol. The zero-order valence-corrected chi connectivity index (χ0v) is 15.7. The summed E-state index contributed by atoms with van der Waals surface area (Å²) in [6, 6.07) is 3.58. The van der Waals surface area contributed by atoms with E-state index in [-0.39, 0.29) is 11.8 Å². The number of hydrogen-bond acceptors (Lipinski definition) is 7. The van der Waals surface area contributed by atoms with Gasteiger partial charge in [-0.15, -0.1) is 0 Å². The largest absolute Gasteiger partial charge is 0.493 e. The van der Waals surface area contributed by atoms with Crippen LogP contribution in [-0.4, -0.2) is 61.2 Å². The number of anilines is 2. The van der Waals surface area contributed by atoms with E-state index in [2.05, 4.69) is 14.9 Å². The lowest BCUT2D eigenvalue weighted by atomic mass is 10.1. The van der Waals surface area contributed by atoms with Crippen LogP contribution in [0.25, 0.3) is 10.9 Å². The van der Waals surface area contributed by atoms with Crippen molar-refractivity contribution in [2.45, 2.75) is 13.8 Å². The monoisotopic (exact) mass is 359 g/mol. The molecule has 1 fully saturated rings. The lowest BCUT2D eigenvalue weighted by Crippen LogP contribution is -2.50. The van der Waals surface area contributed by atoms with Gasteiger partial charge in [0.25, 0.3) is 0 Å². The minimum atomic E-state index is 0.0107. The van der Waals surface area contributed by atoms with Crippen LogP contribution in [0.2, 0.25) is 0 Å². The molecular formula is C18H25N5O3. The molecule has 1 aromatic heterocycles. The number of nitrogen functional groups attached to an aromatic ring is 1. The van der Waals surface area contributed by atoms with Gasteiger partial charge in [-0.05, 0) is 6.07 Å². The molecule has 26 heavy (non-hydrogen) atoms. The van der Waals surface area contributed by atoms with Gasteiger partial charge >= 0.3 is 0 Å². The van der Waals surface area contributed by atoms with Crippen molar-refractivity contribution in [2.75, 3.05) is 51.0 Å². The number of carbonyl (C=O) groups is 1. The second-order valence-corrected chi connectivity index (χ2v) is 6.60. The van der Waals surface area contributed by atoms with Gasteiger partial charge in [-0.2, -0.15) is 4.98 Å². The number of benzene rings is 1. The number of hydrogen-bond donors (Lipinski definition) is 1. The molecule has 0 aliphatic carbocycles. The second-order valence-electron chi connectivity index (χ2n) is 6.60. The highest BCUT2D eigenvalue weighted by atomic mass is 16.5. The smallest absolute Gasteiger partial charge is 0.228 e. The number of fused-ring (bicyclic) bond motifs is 1. The first-order valence-electron chi connectivity index (χ1n) is 8.67. The molecule has 140 valence electrons. The van der Waals surface area contributed by atoms with Gasteiger partial charge in [-0.25, -0.2) is 4.98 Å². The number of carbonyl (C=O) groups excluding carboxylic acids is 1. The average molecular weight is 359 g/mol.